The highest BCUT2D eigenvalue weighted by atomic mass is 35.5. The standard InChI is InChI=1S/C20H23Cl2N5/c21-17-3-1-4-19(20(17)22)27-11-9-26(10-12-27)8-2-7-23-16-6-5-15-14-24-25-18(15)13-16/h1,3-6,13-14,23H,2,7-12H2,(H,24,25). The lowest BCUT2D eigenvalue weighted by atomic mass is 10.2. The minimum absolute atomic E-state index is 0.621. The van der Waals surface area contributed by atoms with Gasteiger partial charge in [0.1, 0.15) is 0 Å². The van der Waals surface area contributed by atoms with Crippen molar-refractivity contribution in [3.05, 3.63) is 52.6 Å². The number of hydrogen-bond donors (Lipinski definition) is 2. The molecular formula is C20H23Cl2N5. The lowest BCUT2D eigenvalue weighted by Gasteiger charge is -2.36. The van der Waals surface area contributed by atoms with E-state index in [-0.39, 0.29) is 0 Å². The minimum atomic E-state index is 0.621. The SMILES string of the molecule is Clc1cccc(N2CCN(CCCNc3ccc4cn[nH]c4c3)CC2)c1Cl. The number of aromatic amines is 1. The number of anilines is 2. The molecule has 3 aromatic rings. The summed E-state index contributed by atoms with van der Waals surface area (Å²) in [5, 5.41) is 13.0. The molecule has 1 saturated heterocycles. The van der Waals surface area contributed by atoms with Crippen LogP contribution >= 0.6 is 23.2 Å². The van der Waals surface area contributed by atoms with Crippen molar-refractivity contribution in [3.8, 4) is 0 Å². The smallest absolute Gasteiger partial charge is 0.0825 e. The van der Waals surface area contributed by atoms with Crippen LogP contribution in [0, 0.1) is 0 Å². The largest absolute Gasteiger partial charge is 0.385 e. The average molecular weight is 404 g/mol. The molecule has 0 bridgehead atoms. The van der Waals surface area contributed by atoms with Crippen LogP contribution < -0.4 is 10.2 Å². The van der Waals surface area contributed by atoms with Gasteiger partial charge in [-0.3, -0.25) is 10.00 Å². The quantitative estimate of drug-likeness (QED) is 0.595. The van der Waals surface area contributed by atoms with Gasteiger partial charge in [-0.05, 0) is 43.3 Å². The molecule has 4 rings (SSSR count). The van der Waals surface area contributed by atoms with E-state index in [9.17, 15) is 0 Å². The van der Waals surface area contributed by atoms with Crippen molar-refractivity contribution in [3.63, 3.8) is 0 Å². The normalized spacial score (nSPS) is 15.4. The van der Waals surface area contributed by atoms with Crippen molar-refractivity contribution < 1.29 is 0 Å². The van der Waals surface area contributed by atoms with Crippen LogP contribution in [-0.4, -0.2) is 54.4 Å². The van der Waals surface area contributed by atoms with Gasteiger partial charge < -0.3 is 10.2 Å². The third-order valence-corrected chi connectivity index (χ3v) is 5.88. The maximum atomic E-state index is 6.35. The van der Waals surface area contributed by atoms with E-state index in [1.54, 1.807) is 0 Å². The van der Waals surface area contributed by atoms with Crippen LogP contribution in [-0.2, 0) is 0 Å². The first-order valence-corrected chi connectivity index (χ1v) is 10.0. The Kier molecular flexibility index (Phi) is 5.72. The van der Waals surface area contributed by atoms with Gasteiger partial charge in [0.2, 0.25) is 0 Å². The van der Waals surface area contributed by atoms with Gasteiger partial charge in [0.05, 0.1) is 27.4 Å². The van der Waals surface area contributed by atoms with Crippen LogP contribution in [0.4, 0.5) is 11.4 Å². The van der Waals surface area contributed by atoms with Crippen molar-refractivity contribution in [1.82, 2.24) is 15.1 Å². The number of rotatable bonds is 6. The van der Waals surface area contributed by atoms with E-state index in [0.717, 1.165) is 68.0 Å². The maximum absolute atomic E-state index is 6.35. The summed E-state index contributed by atoms with van der Waals surface area (Å²) >= 11 is 12.5. The molecule has 0 atom stereocenters. The number of fused-ring (bicyclic) bond motifs is 1. The van der Waals surface area contributed by atoms with Crippen molar-refractivity contribution in [2.45, 2.75) is 6.42 Å². The molecular weight excluding hydrogens is 381 g/mol. The molecule has 142 valence electrons. The zero-order chi connectivity index (χ0) is 18.6. The number of hydrogen-bond acceptors (Lipinski definition) is 4. The van der Waals surface area contributed by atoms with E-state index in [1.165, 1.54) is 0 Å². The zero-order valence-corrected chi connectivity index (χ0v) is 16.6. The second-order valence-electron chi connectivity index (χ2n) is 6.85. The van der Waals surface area contributed by atoms with Crippen LogP contribution in [0.1, 0.15) is 6.42 Å². The summed E-state index contributed by atoms with van der Waals surface area (Å²) in [7, 11) is 0. The number of nitrogens with one attached hydrogen (secondary N) is 2. The van der Waals surface area contributed by atoms with Gasteiger partial charge in [-0.25, -0.2) is 0 Å². The predicted octanol–water partition coefficient (Wildman–Crippen LogP) is 4.49. The first-order valence-electron chi connectivity index (χ1n) is 9.29. The third kappa shape index (κ3) is 4.32. The first-order chi connectivity index (χ1) is 13.2. The number of halogens is 2. The summed E-state index contributed by atoms with van der Waals surface area (Å²) in [6, 6.07) is 12.1. The van der Waals surface area contributed by atoms with Crippen LogP contribution in [0.3, 0.4) is 0 Å². The second-order valence-corrected chi connectivity index (χ2v) is 7.64. The highest BCUT2D eigenvalue weighted by Crippen LogP contribution is 2.32. The van der Waals surface area contributed by atoms with E-state index >= 15 is 0 Å². The van der Waals surface area contributed by atoms with E-state index in [1.807, 2.05) is 24.4 Å². The molecule has 0 saturated carbocycles. The summed E-state index contributed by atoms with van der Waals surface area (Å²) in [4.78, 5) is 4.83. The molecule has 1 aromatic heterocycles. The average Bonchev–Trinajstić information content (AvgIpc) is 3.16. The van der Waals surface area contributed by atoms with Crippen LogP contribution in [0.25, 0.3) is 10.9 Å². The van der Waals surface area contributed by atoms with Gasteiger partial charge in [-0.15, -0.1) is 0 Å². The summed E-state index contributed by atoms with van der Waals surface area (Å²) in [5.41, 5.74) is 3.24. The molecule has 0 aliphatic carbocycles. The molecule has 5 nitrogen and oxygen atoms in total. The molecule has 0 spiro atoms. The Bertz CT molecular complexity index is 902. The second kappa shape index (κ2) is 8.38. The number of aromatic nitrogens is 2. The monoisotopic (exact) mass is 403 g/mol. The Labute approximate surface area is 169 Å². The molecule has 0 radical (unpaired) electrons. The molecule has 1 aliphatic rings. The Balaban J connectivity index is 1.21. The van der Waals surface area contributed by atoms with Crippen molar-refractivity contribution in [2.24, 2.45) is 0 Å². The fraction of sp³-hybridized carbons (Fsp3) is 0.350. The van der Waals surface area contributed by atoms with Gasteiger partial charge in [0.15, 0.2) is 0 Å². The molecule has 0 amide bonds. The van der Waals surface area contributed by atoms with Crippen LogP contribution in [0.2, 0.25) is 10.0 Å². The highest BCUT2D eigenvalue weighted by Gasteiger charge is 2.19. The molecule has 1 fully saturated rings. The summed E-state index contributed by atoms with van der Waals surface area (Å²) in [6.07, 6.45) is 2.95. The zero-order valence-electron chi connectivity index (χ0n) is 15.1. The number of benzene rings is 2. The third-order valence-electron chi connectivity index (χ3n) is 5.07. The van der Waals surface area contributed by atoms with Gasteiger partial charge in [-0.2, -0.15) is 5.10 Å². The van der Waals surface area contributed by atoms with Crippen molar-refractivity contribution in [2.75, 3.05) is 49.5 Å². The fourth-order valence-corrected chi connectivity index (χ4v) is 3.95. The molecule has 0 unspecified atom stereocenters. The van der Waals surface area contributed by atoms with E-state index < -0.39 is 0 Å². The van der Waals surface area contributed by atoms with E-state index in [2.05, 4.69) is 43.5 Å². The lowest BCUT2D eigenvalue weighted by Crippen LogP contribution is -2.47. The molecule has 2 heterocycles. The maximum Gasteiger partial charge on any atom is 0.0825 e. The summed E-state index contributed by atoms with van der Waals surface area (Å²) in [5.74, 6) is 0. The number of piperazine rings is 1. The van der Waals surface area contributed by atoms with E-state index in [4.69, 9.17) is 23.2 Å². The molecule has 2 aromatic carbocycles. The lowest BCUT2D eigenvalue weighted by molar-refractivity contribution is 0.257. The van der Waals surface area contributed by atoms with Gasteiger partial charge in [0.25, 0.3) is 0 Å². The molecule has 2 N–H and O–H groups in total. The molecule has 27 heavy (non-hydrogen) atoms. The summed E-state index contributed by atoms with van der Waals surface area (Å²) in [6.45, 7) is 6.09. The Hall–Kier alpha value is -1.95. The molecule has 7 heteroatoms. The van der Waals surface area contributed by atoms with Gasteiger partial charge in [0, 0.05) is 43.8 Å². The topological polar surface area (TPSA) is 47.2 Å². The van der Waals surface area contributed by atoms with Crippen molar-refractivity contribution in [1.29, 1.82) is 0 Å². The number of H-pyrrole nitrogens is 1. The Morgan fingerprint density at radius 3 is 2.78 bits per heavy atom. The fourth-order valence-electron chi connectivity index (χ4n) is 3.53. The summed E-state index contributed by atoms with van der Waals surface area (Å²) < 4.78 is 0. The minimum Gasteiger partial charge on any atom is -0.385 e. The van der Waals surface area contributed by atoms with Crippen LogP contribution in [0.15, 0.2) is 42.6 Å². The number of nitrogens with zero attached hydrogens (tertiary/aromatic N) is 3. The van der Waals surface area contributed by atoms with Crippen molar-refractivity contribution >= 4 is 45.5 Å². The predicted molar refractivity (Wildman–Crippen MR) is 114 cm³/mol. The van der Waals surface area contributed by atoms with Crippen LogP contribution in [0.5, 0.6) is 0 Å². The Morgan fingerprint density at radius 1 is 1.07 bits per heavy atom. The molecule has 1 aliphatic heterocycles. The Morgan fingerprint density at radius 2 is 1.93 bits per heavy atom. The van der Waals surface area contributed by atoms with Gasteiger partial charge in [-0.1, -0.05) is 29.3 Å². The van der Waals surface area contributed by atoms with Gasteiger partial charge >= 0.3 is 0 Å². The first kappa shape index (κ1) is 18.4. The highest BCUT2D eigenvalue weighted by molar-refractivity contribution is 6.43. The van der Waals surface area contributed by atoms with E-state index in [0.29, 0.717) is 10.0 Å².